The molecule has 0 aliphatic carbocycles. The summed E-state index contributed by atoms with van der Waals surface area (Å²) in [6, 6.07) is 19.3. The molecule has 4 aliphatic rings. The van der Waals surface area contributed by atoms with E-state index >= 15 is 0 Å². The third-order valence-electron chi connectivity index (χ3n) is 15.4. The highest BCUT2D eigenvalue weighted by Gasteiger charge is 2.43. The lowest BCUT2D eigenvalue weighted by molar-refractivity contribution is -0.141. The molecule has 5 aromatic rings. The number of benzene rings is 3. The summed E-state index contributed by atoms with van der Waals surface area (Å²) in [7, 11) is 2.65. The quantitative estimate of drug-likeness (QED) is 0.0991. The van der Waals surface area contributed by atoms with Crippen molar-refractivity contribution in [1.29, 1.82) is 0 Å². The summed E-state index contributed by atoms with van der Waals surface area (Å²) in [5, 5.41) is 7.97. The normalized spacial score (nSPS) is 25.9. The molecular formula is C55H70N8O8. The van der Waals surface area contributed by atoms with Crippen LogP contribution in [0.1, 0.15) is 109 Å². The molecule has 10 unspecified atom stereocenters. The molecule has 9 rings (SSSR count). The smallest absolute Gasteiger partial charge is 0.407 e. The maximum absolute atomic E-state index is 14.5. The van der Waals surface area contributed by atoms with Gasteiger partial charge < -0.3 is 49.3 Å². The van der Waals surface area contributed by atoms with Crippen molar-refractivity contribution in [3.8, 4) is 33.6 Å². The Morgan fingerprint density at radius 1 is 0.592 bits per heavy atom. The van der Waals surface area contributed by atoms with Gasteiger partial charge in [0.2, 0.25) is 11.8 Å². The number of nitrogens with zero attached hydrogens (tertiary/aromatic N) is 4. The number of rotatable bonds is 11. The summed E-state index contributed by atoms with van der Waals surface area (Å²) in [6.07, 6.45) is 9.52. The monoisotopic (exact) mass is 971 g/mol. The van der Waals surface area contributed by atoms with Crippen LogP contribution < -0.4 is 10.6 Å². The maximum Gasteiger partial charge on any atom is 0.407 e. The molecule has 10 atom stereocenters. The summed E-state index contributed by atoms with van der Waals surface area (Å²) in [5.74, 6) is 1.72. The number of carbonyl (C=O) groups excluding carboxylic acids is 4. The number of fused-ring (bicyclic) bond motifs is 1. The second kappa shape index (κ2) is 22.0. The molecule has 3 aromatic carbocycles. The summed E-state index contributed by atoms with van der Waals surface area (Å²) >= 11 is 0. The van der Waals surface area contributed by atoms with Crippen LogP contribution >= 0.6 is 0 Å². The molecule has 71 heavy (non-hydrogen) atoms. The third-order valence-corrected chi connectivity index (χ3v) is 15.4. The molecular weight excluding hydrogens is 901 g/mol. The van der Waals surface area contributed by atoms with Crippen molar-refractivity contribution >= 4 is 34.8 Å². The molecule has 16 heteroatoms. The Labute approximate surface area is 416 Å². The third kappa shape index (κ3) is 11.3. The molecule has 6 heterocycles. The van der Waals surface area contributed by atoms with Gasteiger partial charge in [0.15, 0.2) is 0 Å². The number of piperidine rings is 2. The number of alkyl carbamates (subject to hydrolysis) is 2. The standard InChI is InChI=1S/C55H70N8O8/c1-32-9-19-46(62(30-32)52(64)48(60-54(66)68-5)42-8-7-22-70-34(3)24-42)50-56-28-44(58-50)37-13-11-36(12-14-37)38-15-16-40-27-41(18-17-39(40)26-38)45-29-57-51(59-45)47-20-10-33(2)31-63(47)53(65)49(61-55(67)69-6)43-21-23-71-35(4)25-43/h11-18,26-29,32-35,42-43,46-49H,7-10,19-25,30-31H2,1-6H3,(H,56,58)(H,57,59)(H,60,66)(H,61,67). The van der Waals surface area contributed by atoms with Crippen LogP contribution in [0.4, 0.5) is 9.59 Å². The van der Waals surface area contributed by atoms with E-state index in [4.69, 9.17) is 28.9 Å². The van der Waals surface area contributed by atoms with Gasteiger partial charge in [-0.2, -0.15) is 0 Å². The molecule has 0 radical (unpaired) electrons. The van der Waals surface area contributed by atoms with E-state index in [0.29, 0.717) is 57.4 Å². The van der Waals surface area contributed by atoms with Crippen LogP contribution in [0.2, 0.25) is 0 Å². The number of methoxy groups -OCH3 is 2. The lowest BCUT2D eigenvalue weighted by atomic mass is 9.86. The van der Waals surface area contributed by atoms with Crippen LogP contribution in [0.5, 0.6) is 0 Å². The van der Waals surface area contributed by atoms with Gasteiger partial charge in [-0.25, -0.2) is 19.6 Å². The second-order valence-corrected chi connectivity index (χ2v) is 20.6. The van der Waals surface area contributed by atoms with Gasteiger partial charge in [-0.3, -0.25) is 9.59 Å². The van der Waals surface area contributed by atoms with Crippen molar-refractivity contribution in [2.24, 2.45) is 23.7 Å². The summed E-state index contributed by atoms with van der Waals surface area (Å²) in [4.78, 5) is 74.8. The largest absolute Gasteiger partial charge is 0.453 e. The van der Waals surface area contributed by atoms with Crippen molar-refractivity contribution in [2.75, 3.05) is 40.5 Å². The molecule has 0 saturated carbocycles. The SMILES string of the molecule is COC(=O)NC(C(=O)N1CC(C)CCC1c1ncc(-c2ccc(-c3ccc4cc(-c5cnc(C6CCC(C)CN6C(=O)C(NC(=O)OC)C6CCOC(C)C6)[nH]5)ccc4c3)cc2)[nH]1)C1CCCOC(C)C1. The Bertz CT molecular complexity index is 2670. The number of ether oxygens (including phenoxy) is 4. The Morgan fingerprint density at radius 3 is 1.59 bits per heavy atom. The molecule has 0 bridgehead atoms. The average molecular weight is 971 g/mol. The Kier molecular flexibility index (Phi) is 15.4. The molecule has 4 saturated heterocycles. The predicted octanol–water partition coefficient (Wildman–Crippen LogP) is 9.36. The fourth-order valence-corrected chi connectivity index (χ4v) is 11.5. The lowest BCUT2D eigenvalue weighted by Crippen LogP contribution is -2.56. The van der Waals surface area contributed by atoms with Crippen molar-refractivity contribution in [3.05, 3.63) is 84.7 Å². The van der Waals surface area contributed by atoms with E-state index in [1.54, 1.807) is 0 Å². The van der Waals surface area contributed by atoms with Crippen LogP contribution in [0.3, 0.4) is 0 Å². The van der Waals surface area contributed by atoms with Gasteiger partial charge in [0.1, 0.15) is 23.7 Å². The first kappa shape index (κ1) is 49.7. The number of hydrogen-bond acceptors (Lipinski definition) is 10. The number of likely N-dealkylation sites (tertiary alicyclic amines) is 2. The van der Waals surface area contributed by atoms with E-state index < -0.39 is 24.3 Å². The van der Waals surface area contributed by atoms with Gasteiger partial charge in [0, 0.05) is 31.9 Å². The van der Waals surface area contributed by atoms with E-state index in [9.17, 15) is 19.2 Å². The van der Waals surface area contributed by atoms with Crippen LogP contribution in [-0.2, 0) is 28.5 Å². The van der Waals surface area contributed by atoms with E-state index in [-0.39, 0.29) is 47.9 Å². The van der Waals surface area contributed by atoms with Gasteiger partial charge in [-0.1, -0.05) is 62.4 Å². The van der Waals surface area contributed by atoms with E-state index in [1.165, 1.54) is 14.2 Å². The zero-order valence-corrected chi connectivity index (χ0v) is 41.9. The topological polar surface area (TPSA) is 193 Å². The predicted molar refractivity (Wildman–Crippen MR) is 270 cm³/mol. The Hall–Kier alpha value is -6.26. The van der Waals surface area contributed by atoms with Crippen molar-refractivity contribution in [3.63, 3.8) is 0 Å². The number of aromatic amines is 2. The molecule has 16 nitrogen and oxygen atoms in total. The number of hydrogen-bond donors (Lipinski definition) is 4. The number of carbonyl (C=O) groups is 4. The van der Waals surface area contributed by atoms with Gasteiger partial charge in [-0.15, -0.1) is 0 Å². The van der Waals surface area contributed by atoms with Gasteiger partial charge in [0.25, 0.3) is 0 Å². The fourth-order valence-electron chi connectivity index (χ4n) is 11.5. The molecule has 4 amide bonds. The van der Waals surface area contributed by atoms with E-state index in [0.717, 1.165) is 94.6 Å². The minimum Gasteiger partial charge on any atom is -0.453 e. The summed E-state index contributed by atoms with van der Waals surface area (Å²) in [5.41, 5.74) is 5.88. The minimum absolute atomic E-state index is 0.00186. The molecule has 0 spiro atoms. The first-order chi connectivity index (χ1) is 34.3. The number of H-pyrrole nitrogens is 2. The van der Waals surface area contributed by atoms with Crippen LogP contribution in [0.15, 0.2) is 73.1 Å². The second-order valence-electron chi connectivity index (χ2n) is 20.6. The zero-order valence-electron chi connectivity index (χ0n) is 41.9. The zero-order chi connectivity index (χ0) is 49.8. The van der Waals surface area contributed by atoms with Crippen LogP contribution in [0, 0.1) is 23.7 Å². The summed E-state index contributed by atoms with van der Waals surface area (Å²) < 4.78 is 21.6. The number of nitrogens with one attached hydrogen (secondary N) is 4. The highest BCUT2D eigenvalue weighted by Crippen LogP contribution is 2.38. The van der Waals surface area contributed by atoms with Gasteiger partial charge in [0.05, 0.1) is 62.3 Å². The minimum atomic E-state index is -0.726. The molecule has 4 fully saturated rings. The average Bonchev–Trinajstić information content (AvgIpc) is 4.04. The molecule has 4 N–H and O–H groups in total. The van der Waals surface area contributed by atoms with Crippen LogP contribution in [-0.4, -0.2) is 119 Å². The Morgan fingerprint density at radius 2 is 1.06 bits per heavy atom. The van der Waals surface area contributed by atoms with Crippen LogP contribution in [0.25, 0.3) is 44.4 Å². The molecule has 2 aromatic heterocycles. The maximum atomic E-state index is 14.5. The number of imidazole rings is 2. The first-order valence-electron chi connectivity index (χ1n) is 25.6. The summed E-state index contributed by atoms with van der Waals surface area (Å²) in [6.45, 7) is 10.7. The van der Waals surface area contributed by atoms with Crippen molar-refractivity contribution in [2.45, 2.75) is 122 Å². The molecule has 378 valence electrons. The Balaban J connectivity index is 0.886. The van der Waals surface area contributed by atoms with E-state index in [1.807, 2.05) is 36.0 Å². The van der Waals surface area contributed by atoms with Crippen molar-refractivity contribution in [1.82, 2.24) is 40.4 Å². The number of amides is 4. The number of aromatic nitrogens is 4. The molecule has 4 aliphatic heterocycles. The van der Waals surface area contributed by atoms with Gasteiger partial charge in [-0.05, 0) is 135 Å². The first-order valence-corrected chi connectivity index (χ1v) is 25.6. The highest BCUT2D eigenvalue weighted by atomic mass is 16.5. The highest BCUT2D eigenvalue weighted by molar-refractivity contribution is 5.91. The van der Waals surface area contributed by atoms with Gasteiger partial charge >= 0.3 is 12.2 Å². The van der Waals surface area contributed by atoms with E-state index in [2.05, 4.69) is 95.1 Å². The lowest BCUT2D eigenvalue weighted by Gasteiger charge is -2.41. The fraction of sp³-hybridized carbons (Fsp3) is 0.527. The van der Waals surface area contributed by atoms with Crippen molar-refractivity contribution < 1.29 is 38.1 Å².